The Balaban J connectivity index is 1.86. The predicted octanol–water partition coefficient (Wildman–Crippen LogP) is 4.22. The van der Waals surface area contributed by atoms with Crippen molar-refractivity contribution < 1.29 is 0 Å². The number of nitrogens with zero attached hydrogens (tertiary/aromatic N) is 1. The number of nitriles is 1. The van der Waals surface area contributed by atoms with Crippen molar-refractivity contribution in [2.45, 2.75) is 45.4 Å². The second-order valence-corrected chi connectivity index (χ2v) is 7.30. The van der Waals surface area contributed by atoms with Gasteiger partial charge in [-0.15, -0.1) is 11.6 Å². The normalized spacial score (nSPS) is 46.5. The standard InChI is InChI=1S/C15H22ClN/c1-15(9-17,2-3-16)14-12-5-10-4-11(7-12)8-13(14)6-10/h10-14H,2-8H2,1H3. The van der Waals surface area contributed by atoms with Crippen LogP contribution in [0.25, 0.3) is 0 Å². The van der Waals surface area contributed by atoms with Crippen molar-refractivity contribution in [2.24, 2.45) is 35.0 Å². The Bertz CT molecular complexity index is 317. The fourth-order valence-corrected chi connectivity index (χ4v) is 5.85. The fraction of sp³-hybridized carbons (Fsp3) is 0.933. The summed E-state index contributed by atoms with van der Waals surface area (Å²) in [5.41, 5.74) is -0.162. The maximum atomic E-state index is 9.59. The van der Waals surface area contributed by atoms with Crippen LogP contribution in [0.15, 0.2) is 0 Å². The highest BCUT2D eigenvalue weighted by Gasteiger charge is 2.54. The van der Waals surface area contributed by atoms with Crippen molar-refractivity contribution in [1.29, 1.82) is 5.26 Å². The van der Waals surface area contributed by atoms with E-state index in [0.29, 0.717) is 11.8 Å². The van der Waals surface area contributed by atoms with Crippen LogP contribution in [0.3, 0.4) is 0 Å². The average Bonchev–Trinajstić information content (AvgIpc) is 2.27. The lowest BCUT2D eigenvalue weighted by atomic mass is 9.47. The van der Waals surface area contributed by atoms with Gasteiger partial charge in [0.05, 0.1) is 11.5 Å². The highest BCUT2D eigenvalue weighted by Crippen LogP contribution is 2.61. The van der Waals surface area contributed by atoms with Crippen LogP contribution in [0.4, 0.5) is 0 Å². The number of hydrogen-bond donors (Lipinski definition) is 0. The van der Waals surface area contributed by atoms with Crippen molar-refractivity contribution in [3.05, 3.63) is 0 Å². The van der Waals surface area contributed by atoms with Gasteiger partial charge in [-0.3, -0.25) is 0 Å². The first-order valence-electron chi connectivity index (χ1n) is 7.13. The molecule has 1 unspecified atom stereocenters. The zero-order valence-corrected chi connectivity index (χ0v) is 11.4. The van der Waals surface area contributed by atoms with E-state index in [9.17, 15) is 5.26 Å². The van der Waals surface area contributed by atoms with Gasteiger partial charge in [0, 0.05) is 5.88 Å². The molecule has 0 heterocycles. The number of rotatable bonds is 3. The third-order valence-corrected chi connectivity index (χ3v) is 6.02. The lowest BCUT2D eigenvalue weighted by Crippen LogP contribution is -2.50. The first-order valence-corrected chi connectivity index (χ1v) is 7.67. The molecule has 0 aromatic heterocycles. The summed E-state index contributed by atoms with van der Waals surface area (Å²) < 4.78 is 0. The SMILES string of the molecule is CC(C#N)(CCCl)C1C2CC3CC(C2)CC1C3. The summed E-state index contributed by atoms with van der Waals surface area (Å²) in [6.45, 7) is 2.17. The maximum Gasteiger partial charge on any atom is 0.0690 e. The molecule has 4 saturated carbocycles. The molecule has 2 heteroatoms. The van der Waals surface area contributed by atoms with E-state index >= 15 is 0 Å². The van der Waals surface area contributed by atoms with E-state index in [1.807, 2.05) is 0 Å². The summed E-state index contributed by atoms with van der Waals surface area (Å²) in [6, 6.07) is 2.62. The van der Waals surface area contributed by atoms with Crippen LogP contribution in [0.2, 0.25) is 0 Å². The monoisotopic (exact) mass is 251 g/mol. The fourth-order valence-electron chi connectivity index (χ4n) is 5.46. The smallest absolute Gasteiger partial charge is 0.0690 e. The van der Waals surface area contributed by atoms with Crippen LogP contribution in [0.1, 0.15) is 45.4 Å². The molecule has 0 spiro atoms. The molecule has 4 bridgehead atoms. The summed E-state index contributed by atoms with van der Waals surface area (Å²) in [5, 5.41) is 9.59. The first kappa shape index (κ1) is 11.8. The molecule has 1 atom stereocenters. The summed E-state index contributed by atoms with van der Waals surface area (Å²) in [4.78, 5) is 0. The molecule has 1 nitrogen and oxygen atoms in total. The van der Waals surface area contributed by atoms with Gasteiger partial charge >= 0.3 is 0 Å². The molecule has 0 aliphatic heterocycles. The van der Waals surface area contributed by atoms with Gasteiger partial charge in [-0.05, 0) is 75.0 Å². The molecule has 4 aliphatic carbocycles. The molecule has 0 amide bonds. The Morgan fingerprint density at radius 3 is 2.06 bits per heavy atom. The second kappa shape index (κ2) is 4.16. The Hall–Kier alpha value is -0.220. The molecule has 4 rings (SSSR count). The van der Waals surface area contributed by atoms with Crippen molar-refractivity contribution in [2.75, 3.05) is 5.88 Å². The van der Waals surface area contributed by atoms with Crippen LogP contribution in [0.5, 0.6) is 0 Å². The van der Waals surface area contributed by atoms with E-state index in [0.717, 1.165) is 30.1 Å². The highest BCUT2D eigenvalue weighted by atomic mass is 35.5. The Kier molecular flexibility index (Phi) is 2.90. The first-order chi connectivity index (χ1) is 8.16. The van der Waals surface area contributed by atoms with Crippen LogP contribution in [0, 0.1) is 46.3 Å². The van der Waals surface area contributed by atoms with E-state index in [1.54, 1.807) is 0 Å². The van der Waals surface area contributed by atoms with Crippen LogP contribution >= 0.6 is 11.6 Å². The third-order valence-electron chi connectivity index (χ3n) is 5.83. The zero-order valence-electron chi connectivity index (χ0n) is 10.7. The molecule has 4 aliphatic rings. The van der Waals surface area contributed by atoms with E-state index < -0.39 is 0 Å². The molecule has 4 fully saturated rings. The summed E-state index contributed by atoms with van der Waals surface area (Å²) in [7, 11) is 0. The molecule has 0 aromatic carbocycles. The average molecular weight is 252 g/mol. The predicted molar refractivity (Wildman–Crippen MR) is 69.6 cm³/mol. The second-order valence-electron chi connectivity index (χ2n) is 6.92. The van der Waals surface area contributed by atoms with E-state index in [1.165, 1.54) is 32.1 Å². The summed E-state index contributed by atoms with van der Waals surface area (Å²) >= 11 is 5.93. The molecule has 0 aromatic rings. The Morgan fingerprint density at radius 1 is 1.12 bits per heavy atom. The maximum absolute atomic E-state index is 9.59. The van der Waals surface area contributed by atoms with Crippen molar-refractivity contribution in [1.82, 2.24) is 0 Å². The van der Waals surface area contributed by atoms with Crippen LogP contribution in [-0.2, 0) is 0 Å². The molecular weight excluding hydrogens is 230 g/mol. The number of alkyl halides is 1. The van der Waals surface area contributed by atoms with Crippen molar-refractivity contribution in [3.63, 3.8) is 0 Å². The minimum atomic E-state index is -0.162. The lowest BCUT2D eigenvalue weighted by Gasteiger charge is -2.57. The van der Waals surface area contributed by atoms with Crippen molar-refractivity contribution >= 4 is 11.6 Å². The van der Waals surface area contributed by atoms with E-state index in [2.05, 4.69) is 13.0 Å². The van der Waals surface area contributed by atoms with Gasteiger partial charge in [0.1, 0.15) is 0 Å². The van der Waals surface area contributed by atoms with Crippen LogP contribution in [-0.4, -0.2) is 5.88 Å². The largest absolute Gasteiger partial charge is 0.198 e. The van der Waals surface area contributed by atoms with Gasteiger partial charge in [0.2, 0.25) is 0 Å². The highest BCUT2D eigenvalue weighted by molar-refractivity contribution is 6.17. The quantitative estimate of drug-likeness (QED) is 0.689. The molecule has 0 N–H and O–H groups in total. The Morgan fingerprint density at radius 2 is 1.65 bits per heavy atom. The third kappa shape index (κ3) is 1.80. The molecular formula is C15H22ClN. The molecule has 17 heavy (non-hydrogen) atoms. The van der Waals surface area contributed by atoms with E-state index in [-0.39, 0.29) is 5.41 Å². The topological polar surface area (TPSA) is 23.8 Å². The summed E-state index contributed by atoms with van der Waals surface area (Å²) in [5.74, 6) is 4.92. The molecule has 0 saturated heterocycles. The number of halogens is 1. The van der Waals surface area contributed by atoms with Crippen molar-refractivity contribution in [3.8, 4) is 6.07 Å². The van der Waals surface area contributed by atoms with Gasteiger partial charge in [0.25, 0.3) is 0 Å². The van der Waals surface area contributed by atoms with Gasteiger partial charge in [-0.2, -0.15) is 5.26 Å². The lowest BCUT2D eigenvalue weighted by molar-refractivity contribution is -0.0764. The minimum Gasteiger partial charge on any atom is -0.198 e. The van der Waals surface area contributed by atoms with Crippen LogP contribution < -0.4 is 0 Å². The minimum absolute atomic E-state index is 0.162. The number of hydrogen-bond acceptors (Lipinski definition) is 1. The molecule has 94 valence electrons. The zero-order chi connectivity index (χ0) is 12.0. The van der Waals surface area contributed by atoms with Gasteiger partial charge < -0.3 is 0 Å². The Labute approximate surface area is 110 Å². The van der Waals surface area contributed by atoms with Gasteiger partial charge in [-0.25, -0.2) is 0 Å². The van der Waals surface area contributed by atoms with Gasteiger partial charge in [-0.1, -0.05) is 0 Å². The van der Waals surface area contributed by atoms with E-state index in [4.69, 9.17) is 11.6 Å². The summed E-state index contributed by atoms with van der Waals surface area (Å²) in [6.07, 6.45) is 7.96. The molecule has 0 radical (unpaired) electrons. The van der Waals surface area contributed by atoms with Gasteiger partial charge in [0.15, 0.2) is 0 Å².